The molecule has 0 spiro atoms. The van der Waals surface area contributed by atoms with Crippen LogP contribution in [0, 0.1) is 0 Å². The molecule has 1 aliphatic rings. The van der Waals surface area contributed by atoms with Gasteiger partial charge in [-0.1, -0.05) is 18.2 Å². The summed E-state index contributed by atoms with van der Waals surface area (Å²) in [5, 5.41) is 2.84. The van der Waals surface area contributed by atoms with Gasteiger partial charge in [0.05, 0.1) is 11.9 Å². The first-order chi connectivity index (χ1) is 12.7. The molecule has 0 radical (unpaired) electrons. The Balaban J connectivity index is 1.46. The van der Waals surface area contributed by atoms with Gasteiger partial charge < -0.3 is 19.7 Å². The van der Waals surface area contributed by atoms with E-state index < -0.39 is 0 Å². The summed E-state index contributed by atoms with van der Waals surface area (Å²) in [6.07, 6.45) is 1.64. The Morgan fingerprint density at radius 2 is 1.85 bits per heavy atom. The molecular formula is C20H17N3O3. The zero-order valence-corrected chi connectivity index (χ0v) is 14.2. The minimum atomic E-state index is -0.228. The van der Waals surface area contributed by atoms with Crippen LogP contribution >= 0.6 is 0 Å². The molecule has 2 aromatic carbocycles. The number of amides is 1. The molecule has 4 rings (SSSR count). The molecule has 0 saturated carbocycles. The van der Waals surface area contributed by atoms with Crippen LogP contribution in [0.1, 0.15) is 10.4 Å². The van der Waals surface area contributed by atoms with Crippen molar-refractivity contribution in [3.05, 3.63) is 72.4 Å². The van der Waals surface area contributed by atoms with Crippen LogP contribution < -0.4 is 19.7 Å². The summed E-state index contributed by atoms with van der Waals surface area (Å²) in [6.45, 7) is 0.181. The van der Waals surface area contributed by atoms with Crippen molar-refractivity contribution in [3.63, 3.8) is 0 Å². The molecule has 0 aliphatic carbocycles. The van der Waals surface area contributed by atoms with Gasteiger partial charge in [-0.25, -0.2) is 4.98 Å². The molecule has 0 bridgehead atoms. The number of pyridine rings is 1. The maximum absolute atomic E-state index is 12.4. The van der Waals surface area contributed by atoms with Gasteiger partial charge in [-0.15, -0.1) is 0 Å². The van der Waals surface area contributed by atoms with Crippen LogP contribution in [-0.2, 0) is 0 Å². The molecule has 0 fully saturated rings. The molecule has 0 atom stereocenters. The highest BCUT2D eigenvalue weighted by Gasteiger charge is 2.16. The Morgan fingerprint density at radius 1 is 1.04 bits per heavy atom. The molecular weight excluding hydrogens is 330 g/mol. The second kappa shape index (κ2) is 6.76. The quantitative estimate of drug-likeness (QED) is 0.777. The van der Waals surface area contributed by atoms with Crippen molar-refractivity contribution in [1.82, 2.24) is 4.98 Å². The SMILES string of the molecule is CN(c1ccccc1)c1ccc(NC(=O)c2ccc3c(c2)OCO3)cn1. The maximum Gasteiger partial charge on any atom is 0.255 e. The number of rotatable bonds is 4. The van der Waals surface area contributed by atoms with E-state index in [1.54, 1.807) is 24.4 Å². The van der Waals surface area contributed by atoms with Crippen molar-refractivity contribution in [2.24, 2.45) is 0 Å². The van der Waals surface area contributed by atoms with Crippen molar-refractivity contribution in [3.8, 4) is 11.5 Å². The second-order valence-electron chi connectivity index (χ2n) is 5.82. The summed E-state index contributed by atoms with van der Waals surface area (Å²) < 4.78 is 10.6. The number of hydrogen-bond donors (Lipinski definition) is 1. The molecule has 1 N–H and O–H groups in total. The lowest BCUT2D eigenvalue weighted by Crippen LogP contribution is -2.13. The smallest absolute Gasteiger partial charge is 0.255 e. The third kappa shape index (κ3) is 3.17. The summed E-state index contributed by atoms with van der Waals surface area (Å²) in [5.74, 6) is 1.79. The maximum atomic E-state index is 12.4. The lowest BCUT2D eigenvalue weighted by atomic mass is 10.2. The first-order valence-electron chi connectivity index (χ1n) is 8.16. The Bertz CT molecular complexity index is 927. The topological polar surface area (TPSA) is 63.7 Å². The standard InChI is InChI=1S/C20H17N3O3/c1-23(16-5-3-2-4-6-16)19-10-8-15(12-21-19)22-20(24)14-7-9-17-18(11-14)26-13-25-17/h2-12H,13H2,1H3,(H,22,24). The third-order valence-electron chi connectivity index (χ3n) is 4.13. The van der Waals surface area contributed by atoms with E-state index in [9.17, 15) is 4.79 Å². The monoisotopic (exact) mass is 347 g/mol. The van der Waals surface area contributed by atoms with Crippen LogP contribution in [-0.4, -0.2) is 24.7 Å². The number of nitrogens with zero attached hydrogens (tertiary/aromatic N) is 2. The number of aromatic nitrogens is 1. The lowest BCUT2D eigenvalue weighted by molar-refractivity contribution is 0.102. The van der Waals surface area contributed by atoms with E-state index in [2.05, 4.69) is 10.3 Å². The highest BCUT2D eigenvalue weighted by Crippen LogP contribution is 2.32. The summed E-state index contributed by atoms with van der Waals surface area (Å²) in [5.41, 5.74) is 2.16. The summed E-state index contributed by atoms with van der Waals surface area (Å²) in [4.78, 5) is 18.8. The number of carbonyl (C=O) groups is 1. The summed E-state index contributed by atoms with van der Waals surface area (Å²) in [6, 6.07) is 18.7. The Morgan fingerprint density at radius 3 is 2.62 bits per heavy atom. The number of hydrogen-bond acceptors (Lipinski definition) is 5. The van der Waals surface area contributed by atoms with E-state index in [1.165, 1.54) is 0 Å². The zero-order chi connectivity index (χ0) is 17.9. The molecule has 1 amide bonds. The Kier molecular flexibility index (Phi) is 4.15. The number of ether oxygens (including phenoxy) is 2. The van der Waals surface area contributed by atoms with Gasteiger partial charge in [0.25, 0.3) is 5.91 Å². The first kappa shape index (κ1) is 16.0. The number of anilines is 3. The fourth-order valence-electron chi connectivity index (χ4n) is 2.68. The van der Waals surface area contributed by atoms with Crippen molar-refractivity contribution in [1.29, 1.82) is 0 Å². The van der Waals surface area contributed by atoms with Crippen LogP contribution in [0.4, 0.5) is 17.2 Å². The van der Waals surface area contributed by atoms with Crippen LogP contribution in [0.5, 0.6) is 11.5 Å². The molecule has 6 nitrogen and oxygen atoms in total. The Labute approximate surface area is 151 Å². The predicted molar refractivity (Wildman–Crippen MR) is 99.3 cm³/mol. The molecule has 1 aliphatic heterocycles. The minimum Gasteiger partial charge on any atom is -0.454 e. The van der Waals surface area contributed by atoms with Gasteiger partial charge in [-0.3, -0.25) is 4.79 Å². The van der Waals surface area contributed by atoms with Crippen molar-refractivity contribution in [2.45, 2.75) is 0 Å². The highest BCUT2D eigenvalue weighted by molar-refractivity contribution is 6.04. The molecule has 0 saturated heterocycles. The molecule has 1 aromatic heterocycles. The summed E-state index contributed by atoms with van der Waals surface area (Å²) in [7, 11) is 1.95. The minimum absolute atomic E-state index is 0.181. The van der Waals surface area contributed by atoms with Crippen molar-refractivity contribution >= 4 is 23.1 Å². The van der Waals surface area contributed by atoms with Crippen LogP contribution in [0.15, 0.2) is 66.9 Å². The van der Waals surface area contributed by atoms with E-state index in [-0.39, 0.29) is 12.7 Å². The van der Waals surface area contributed by atoms with E-state index in [0.717, 1.165) is 11.5 Å². The van der Waals surface area contributed by atoms with Gasteiger partial charge >= 0.3 is 0 Å². The van der Waals surface area contributed by atoms with E-state index in [1.807, 2.05) is 54.4 Å². The van der Waals surface area contributed by atoms with E-state index in [0.29, 0.717) is 22.7 Å². The largest absolute Gasteiger partial charge is 0.454 e. The highest BCUT2D eigenvalue weighted by atomic mass is 16.7. The zero-order valence-electron chi connectivity index (χ0n) is 14.2. The summed E-state index contributed by atoms with van der Waals surface area (Å²) >= 11 is 0. The van der Waals surface area contributed by atoms with Gasteiger partial charge in [0.2, 0.25) is 6.79 Å². The molecule has 6 heteroatoms. The normalized spacial score (nSPS) is 11.9. The van der Waals surface area contributed by atoms with Gasteiger partial charge in [-0.05, 0) is 42.5 Å². The van der Waals surface area contributed by atoms with Gasteiger partial charge in [0, 0.05) is 18.3 Å². The number of para-hydroxylation sites is 1. The molecule has 2 heterocycles. The van der Waals surface area contributed by atoms with Crippen molar-refractivity contribution < 1.29 is 14.3 Å². The fraction of sp³-hybridized carbons (Fsp3) is 0.100. The van der Waals surface area contributed by atoms with Gasteiger partial charge in [0.1, 0.15) is 5.82 Å². The molecule has 3 aromatic rings. The van der Waals surface area contributed by atoms with Gasteiger partial charge in [-0.2, -0.15) is 0 Å². The van der Waals surface area contributed by atoms with Crippen LogP contribution in [0.2, 0.25) is 0 Å². The number of benzene rings is 2. The lowest BCUT2D eigenvalue weighted by Gasteiger charge is -2.18. The van der Waals surface area contributed by atoms with Gasteiger partial charge in [0.15, 0.2) is 11.5 Å². The second-order valence-corrected chi connectivity index (χ2v) is 5.82. The molecule has 130 valence electrons. The molecule has 26 heavy (non-hydrogen) atoms. The fourth-order valence-corrected chi connectivity index (χ4v) is 2.68. The van der Waals surface area contributed by atoms with E-state index in [4.69, 9.17) is 9.47 Å². The van der Waals surface area contributed by atoms with Crippen LogP contribution in [0.3, 0.4) is 0 Å². The van der Waals surface area contributed by atoms with E-state index >= 15 is 0 Å². The predicted octanol–water partition coefficient (Wildman–Crippen LogP) is 3.83. The van der Waals surface area contributed by atoms with Crippen LogP contribution in [0.25, 0.3) is 0 Å². The molecule has 0 unspecified atom stereocenters. The average molecular weight is 347 g/mol. The first-order valence-corrected chi connectivity index (χ1v) is 8.16. The number of fused-ring (bicyclic) bond motifs is 1. The average Bonchev–Trinajstić information content (AvgIpc) is 3.16. The number of carbonyl (C=O) groups excluding carboxylic acids is 1. The number of nitrogens with one attached hydrogen (secondary N) is 1. The Hall–Kier alpha value is -3.54. The third-order valence-corrected chi connectivity index (χ3v) is 4.13. The van der Waals surface area contributed by atoms with Crippen molar-refractivity contribution in [2.75, 3.05) is 24.1 Å².